The first kappa shape index (κ1) is 15.7. The average Bonchev–Trinajstić information content (AvgIpc) is 3.06. The van der Waals surface area contributed by atoms with Crippen LogP contribution in [0.5, 0.6) is 0 Å². The van der Waals surface area contributed by atoms with Crippen molar-refractivity contribution in [2.45, 2.75) is 31.8 Å². The molecule has 0 radical (unpaired) electrons. The van der Waals surface area contributed by atoms with Crippen LogP contribution in [0.1, 0.15) is 18.3 Å². The molecule has 0 aliphatic rings. The molecule has 2 heterocycles. The van der Waals surface area contributed by atoms with Crippen molar-refractivity contribution in [2.75, 3.05) is 13.1 Å². The van der Waals surface area contributed by atoms with E-state index in [0.29, 0.717) is 31.0 Å². The Balaban J connectivity index is 2.06. The van der Waals surface area contributed by atoms with E-state index in [2.05, 4.69) is 25.2 Å². The first-order valence-corrected chi connectivity index (χ1v) is 8.23. The number of aromatic nitrogens is 4. The third kappa shape index (κ3) is 3.90. The van der Waals surface area contributed by atoms with Crippen LogP contribution < -0.4 is 10.0 Å². The van der Waals surface area contributed by atoms with Gasteiger partial charge in [0.2, 0.25) is 10.0 Å². The molecular formula is C12H20N6O2S. The Bertz CT molecular complexity index is 662. The zero-order valence-corrected chi connectivity index (χ0v) is 12.9. The van der Waals surface area contributed by atoms with E-state index < -0.39 is 10.0 Å². The van der Waals surface area contributed by atoms with Crippen molar-refractivity contribution < 1.29 is 8.42 Å². The SMILES string of the molecule is CCNCc1n[nH]c(C)c1S(=O)(=O)NCCn1ccnc1. The molecule has 0 spiro atoms. The summed E-state index contributed by atoms with van der Waals surface area (Å²) >= 11 is 0. The van der Waals surface area contributed by atoms with Crippen LogP contribution in [-0.4, -0.2) is 41.3 Å². The Kier molecular flexibility index (Phi) is 5.10. The van der Waals surface area contributed by atoms with Gasteiger partial charge in [-0.3, -0.25) is 5.10 Å². The number of rotatable bonds is 8. The number of hydrogen-bond acceptors (Lipinski definition) is 5. The molecule has 2 aromatic rings. The van der Waals surface area contributed by atoms with E-state index in [4.69, 9.17) is 0 Å². The van der Waals surface area contributed by atoms with E-state index >= 15 is 0 Å². The van der Waals surface area contributed by atoms with Crippen molar-refractivity contribution in [1.29, 1.82) is 0 Å². The summed E-state index contributed by atoms with van der Waals surface area (Å²) in [5.41, 5.74) is 1.04. The fourth-order valence-corrected chi connectivity index (χ4v) is 3.37. The van der Waals surface area contributed by atoms with Gasteiger partial charge in [0.25, 0.3) is 0 Å². The summed E-state index contributed by atoms with van der Waals surface area (Å²) in [5, 5.41) is 9.87. The maximum atomic E-state index is 12.4. The minimum atomic E-state index is -3.58. The molecule has 0 unspecified atom stereocenters. The molecule has 0 saturated heterocycles. The fraction of sp³-hybridized carbons (Fsp3) is 0.500. The van der Waals surface area contributed by atoms with Gasteiger partial charge in [0.05, 0.1) is 17.7 Å². The van der Waals surface area contributed by atoms with Crippen LogP contribution in [0.15, 0.2) is 23.6 Å². The minimum Gasteiger partial charge on any atom is -0.336 e. The van der Waals surface area contributed by atoms with Crippen molar-refractivity contribution in [3.8, 4) is 0 Å². The lowest BCUT2D eigenvalue weighted by molar-refractivity contribution is 0.569. The second kappa shape index (κ2) is 6.83. The molecule has 0 bridgehead atoms. The predicted octanol–water partition coefficient (Wildman–Crippen LogP) is 0.00262. The fourth-order valence-electron chi connectivity index (χ4n) is 1.99. The Hall–Kier alpha value is -1.71. The van der Waals surface area contributed by atoms with E-state index in [1.165, 1.54) is 0 Å². The molecule has 0 aliphatic carbocycles. The molecule has 9 heteroatoms. The third-order valence-electron chi connectivity index (χ3n) is 2.99. The van der Waals surface area contributed by atoms with Gasteiger partial charge in [-0.05, 0) is 13.5 Å². The van der Waals surface area contributed by atoms with E-state index in [1.54, 1.807) is 25.6 Å². The van der Waals surface area contributed by atoms with Gasteiger partial charge in [-0.25, -0.2) is 18.1 Å². The highest BCUT2D eigenvalue weighted by atomic mass is 32.2. The Labute approximate surface area is 124 Å². The lowest BCUT2D eigenvalue weighted by atomic mass is 10.3. The highest BCUT2D eigenvalue weighted by Crippen LogP contribution is 2.17. The molecule has 116 valence electrons. The van der Waals surface area contributed by atoms with E-state index in [0.717, 1.165) is 6.54 Å². The van der Waals surface area contributed by atoms with Crippen molar-refractivity contribution in [1.82, 2.24) is 29.8 Å². The van der Waals surface area contributed by atoms with Gasteiger partial charge in [0, 0.05) is 32.0 Å². The van der Waals surface area contributed by atoms with Gasteiger partial charge in [-0.1, -0.05) is 6.92 Å². The van der Waals surface area contributed by atoms with Crippen LogP contribution in [0, 0.1) is 6.92 Å². The molecule has 0 aromatic carbocycles. The largest absolute Gasteiger partial charge is 0.336 e. The van der Waals surface area contributed by atoms with Crippen LogP contribution in [0.3, 0.4) is 0 Å². The average molecular weight is 312 g/mol. The van der Waals surface area contributed by atoms with Crippen LogP contribution in [0.2, 0.25) is 0 Å². The summed E-state index contributed by atoms with van der Waals surface area (Å²) in [7, 11) is -3.58. The van der Waals surface area contributed by atoms with Crippen LogP contribution in [0.25, 0.3) is 0 Å². The van der Waals surface area contributed by atoms with Crippen LogP contribution >= 0.6 is 0 Å². The van der Waals surface area contributed by atoms with E-state index in [1.807, 2.05) is 11.5 Å². The number of sulfonamides is 1. The Morgan fingerprint density at radius 2 is 2.24 bits per heavy atom. The molecule has 2 rings (SSSR count). The molecule has 0 fully saturated rings. The van der Waals surface area contributed by atoms with Gasteiger partial charge in [-0.2, -0.15) is 5.10 Å². The van der Waals surface area contributed by atoms with Gasteiger partial charge in [0.15, 0.2) is 0 Å². The highest BCUT2D eigenvalue weighted by Gasteiger charge is 2.23. The number of H-pyrrole nitrogens is 1. The second-order valence-electron chi connectivity index (χ2n) is 4.60. The molecule has 2 aromatic heterocycles. The first-order valence-electron chi connectivity index (χ1n) is 6.74. The smallest absolute Gasteiger partial charge is 0.244 e. The number of imidazole rings is 1. The van der Waals surface area contributed by atoms with Crippen molar-refractivity contribution in [2.24, 2.45) is 0 Å². The third-order valence-corrected chi connectivity index (χ3v) is 4.66. The normalized spacial score (nSPS) is 11.9. The lowest BCUT2D eigenvalue weighted by Crippen LogP contribution is -2.29. The maximum absolute atomic E-state index is 12.4. The van der Waals surface area contributed by atoms with Gasteiger partial charge in [0.1, 0.15) is 4.90 Å². The molecule has 3 N–H and O–H groups in total. The number of nitrogens with zero attached hydrogens (tertiary/aromatic N) is 3. The Morgan fingerprint density at radius 3 is 2.90 bits per heavy atom. The van der Waals surface area contributed by atoms with Crippen LogP contribution in [0.4, 0.5) is 0 Å². The topological polar surface area (TPSA) is 105 Å². The van der Waals surface area contributed by atoms with E-state index in [9.17, 15) is 8.42 Å². The summed E-state index contributed by atoms with van der Waals surface area (Å²) < 4.78 is 29.2. The molecular weight excluding hydrogens is 292 g/mol. The van der Waals surface area contributed by atoms with Crippen molar-refractivity contribution in [3.63, 3.8) is 0 Å². The van der Waals surface area contributed by atoms with Gasteiger partial charge < -0.3 is 9.88 Å². The second-order valence-corrected chi connectivity index (χ2v) is 6.31. The molecule has 0 aliphatic heterocycles. The summed E-state index contributed by atoms with van der Waals surface area (Å²) in [4.78, 5) is 4.14. The quantitative estimate of drug-likeness (QED) is 0.636. The zero-order chi connectivity index (χ0) is 15.3. The van der Waals surface area contributed by atoms with E-state index in [-0.39, 0.29) is 4.90 Å². The summed E-state index contributed by atoms with van der Waals surface area (Å²) in [5.74, 6) is 0. The number of nitrogens with one attached hydrogen (secondary N) is 3. The number of aryl methyl sites for hydroxylation is 1. The molecule has 8 nitrogen and oxygen atoms in total. The number of hydrogen-bond donors (Lipinski definition) is 3. The highest BCUT2D eigenvalue weighted by molar-refractivity contribution is 7.89. The molecule has 0 amide bonds. The molecule has 21 heavy (non-hydrogen) atoms. The molecule has 0 atom stereocenters. The first-order chi connectivity index (χ1) is 10.0. The zero-order valence-electron chi connectivity index (χ0n) is 12.1. The standard InChI is InChI=1S/C12H20N6O2S/c1-3-13-8-11-12(10(2)16-17-11)21(19,20)15-5-7-18-6-4-14-9-18/h4,6,9,13,15H,3,5,7-8H2,1-2H3,(H,16,17). The number of aromatic amines is 1. The van der Waals surface area contributed by atoms with Crippen LogP contribution in [-0.2, 0) is 23.1 Å². The monoisotopic (exact) mass is 312 g/mol. The van der Waals surface area contributed by atoms with Gasteiger partial charge in [-0.15, -0.1) is 0 Å². The molecule has 0 saturated carbocycles. The Morgan fingerprint density at radius 1 is 1.43 bits per heavy atom. The predicted molar refractivity (Wildman–Crippen MR) is 78.1 cm³/mol. The minimum absolute atomic E-state index is 0.231. The van der Waals surface area contributed by atoms with Crippen molar-refractivity contribution >= 4 is 10.0 Å². The lowest BCUT2D eigenvalue weighted by Gasteiger charge is -2.08. The maximum Gasteiger partial charge on any atom is 0.244 e. The summed E-state index contributed by atoms with van der Waals surface area (Å²) in [6, 6.07) is 0. The summed E-state index contributed by atoms with van der Waals surface area (Å²) in [6.07, 6.45) is 5.09. The summed E-state index contributed by atoms with van der Waals surface area (Å²) in [6.45, 7) is 5.64. The van der Waals surface area contributed by atoms with Crippen molar-refractivity contribution in [3.05, 3.63) is 30.1 Å². The van der Waals surface area contributed by atoms with Gasteiger partial charge >= 0.3 is 0 Å².